The summed E-state index contributed by atoms with van der Waals surface area (Å²) in [6.45, 7) is 9.47. The molecule has 22 heavy (non-hydrogen) atoms. The molecule has 0 bridgehead atoms. The van der Waals surface area contributed by atoms with Crippen molar-refractivity contribution in [2.24, 2.45) is 11.3 Å². The summed E-state index contributed by atoms with van der Waals surface area (Å²) in [5.74, 6) is 0.755. The first kappa shape index (κ1) is 15.3. The van der Waals surface area contributed by atoms with Crippen LogP contribution in [-0.2, 0) is 5.41 Å². The third kappa shape index (κ3) is 2.84. The molecule has 0 N–H and O–H groups in total. The summed E-state index contributed by atoms with van der Waals surface area (Å²) in [6, 6.07) is 20.4. The van der Waals surface area contributed by atoms with Crippen LogP contribution < -0.4 is 0 Å². The molecule has 0 heteroatoms. The number of hydrogen-bond donors (Lipinski definition) is 0. The smallest absolute Gasteiger partial charge is 0.0210 e. The van der Waals surface area contributed by atoms with Gasteiger partial charge in [-0.1, -0.05) is 80.9 Å². The maximum absolute atomic E-state index is 2.44. The quantitative estimate of drug-likeness (QED) is 0.625. The maximum atomic E-state index is 2.44. The minimum Gasteiger partial charge on any atom is -0.0624 e. The van der Waals surface area contributed by atoms with E-state index >= 15 is 0 Å². The SMILES string of the molecule is Cc1ccc(C2(c3ccccc3)CC(C)CC(C)(C)C2)cc1. The highest BCUT2D eigenvalue weighted by Gasteiger charge is 2.44. The van der Waals surface area contributed by atoms with Gasteiger partial charge in [-0.25, -0.2) is 0 Å². The Labute approximate surface area is 135 Å². The van der Waals surface area contributed by atoms with Crippen LogP contribution in [0.4, 0.5) is 0 Å². The van der Waals surface area contributed by atoms with Crippen molar-refractivity contribution in [3.8, 4) is 0 Å². The van der Waals surface area contributed by atoms with Crippen LogP contribution in [0.1, 0.15) is 56.7 Å². The van der Waals surface area contributed by atoms with Gasteiger partial charge in [0.25, 0.3) is 0 Å². The number of hydrogen-bond acceptors (Lipinski definition) is 0. The van der Waals surface area contributed by atoms with E-state index in [1.54, 1.807) is 0 Å². The summed E-state index contributed by atoms with van der Waals surface area (Å²) in [5, 5.41) is 0. The van der Waals surface area contributed by atoms with Gasteiger partial charge in [-0.3, -0.25) is 0 Å². The fourth-order valence-corrected chi connectivity index (χ4v) is 4.81. The fourth-order valence-electron chi connectivity index (χ4n) is 4.81. The maximum Gasteiger partial charge on any atom is 0.0210 e. The third-order valence-electron chi connectivity index (χ3n) is 5.31. The van der Waals surface area contributed by atoms with Gasteiger partial charge in [-0.15, -0.1) is 0 Å². The molecule has 1 fully saturated rings. The van der Waals surface area contributed by atoms with Crippen molar-refractivity contribution >= 4 is 0 Å². The van der Waals surface area contributed by atoms with E-state index in [-0.39, 0.29) is 5.41 Å². The molecule has 0 saturated heterocycles. The summed E-state index contributed by atoms with van der Waals surface area (Å²) >= 11 is 0. The molecule has 0 heterocycles. The second kappa shape index (κ2) is 5.57. The van der Waals surface area contributed by atoms with Gasteiger partial charge in [0.1, 0.15) is 0 Å². The van der Waals surface area contributed by atoms with E-state index in [9.17, 15) is 0 Å². The molecule has 3 rings (SSSR count). The van der Waals surface area contributed by atoms with Gasteiger partial charge in [0.05, 0.1) is 0 Å². The highest BCUT2D eigenvalue weighted by atomic mass is 14.5. The molecule has 0 spiro atoms. The van der Waals surface area contributed by atoms with E-state index in [2.05, 4.69) is 82.3 Å². The molecule has 0 aliphatic heterocycles. The minimum absolute atomic E-state index is 0.163. The lowest BCUT2D eigenvalue weighted by molar-refractivity contribution is 0.127. The number of benzene rings is 2. The Morgan fingerprint density at radius 3 is 2.00 bits per heavy atom. The Hall–Kier alpha value is -1.56. The van der Waals surface area contributed by atoms with Gasteiger partial charge >= 0.3 is 0 Å². The largest absolute Gasteiger partial charge is 0.0624 e. The van der Waals surface area contributed by atoms with Crippen molar-refractivity contribution in [3.63, 3.8) is 0 Å². The average Bonchev–Trinajstić information content (AvgIpc) is 2.46. The van der Waals surface area contributed by atoms with Gasteiger partial charge < -0.3 is 0 Å². The van der Waals surface area contributed by atoms with Crippen molar-refractivity contribution in [2.75, 3.05) is 0 Å². The summed E-state index contributed by atoms with van der Waals surface area (Å²) in [4.78, 5) is 0. The third-order valence-corrected chi connectivity index (χ3v) is 5.31. The minimum atomic E-state index is 0.163. The van der Waals surface area contributed by atoms with E-state index in [0.29, 0.717) is 5.41 Å². The van der Waals surface area contributed by atoms with Gasteiger partial charge in [-0.2, -0.15) is 0 Å². The van der Waals surface area contributed by atoms with Crippen LogP contribution in [0.5, 0.6) is 0 Å². The molecular formula is C22H28. The second-order valence-corrected chi connectivity index (χ2v) is 8.17. The predicted octanol–water partition coefficient (Wildman–Crippen LogP) is 6.13. The number of rotatable bonds is 2. The van der Waals surface area contributed by atoms with Crippen molar-refractivity contribution in [2.45, 2.75) is 52.4 Å². The summed E-state index contributed by atoms with van der Waals surface area (Å²) < 4.78 is 0. The van der Waals surface area contributed by atoms with Gasteiger partial charge in [0.15, 0.2) is 0 Å². The van der Waals surface area contributed by atoms with Crippen LogP contribution in [-0.4, -0.2) is 0 Å². The predicted molar refractivity (Wildman–Crippen MR) is 95.2 cm³/mol. The first-order valence-electron chi connectivity index (χ1n) is 8.54. The first-order chi connectivity index (χ1) is 10.4. The van der Waals surface area contributed by atoms with Crippen LogP contribution >= 0.6 is 0 Å². The van der Waals surface area contributed by atoms with E-state index in [1.807, 2.05) is 0 Å². The lowest BCUT2D eigenvalue weighted by atomic mass is 9.55. The van der Waals surface area contributed by atoms with Crippen LogP contribution in [0.25, 0.3) is 0 Å². The molecule has 0 radical (unpaired) electrons. The van der Waals surface area contributed by atoms with Gasteiger partial charge in [0.2, 0.25) is 0 Å². The lowest BCUT2D eigenvalue weighted by Crippen LogP contribution is -2.41. The second-order valence-electron chi connectivity index (χ2n) is 8.17. The Kier molecular flexibility index (Phi) is 3.89. The average molecular weight is 292 g/mol. The Bertz CT molecular complexity index is 621. The first-order valence-corrected chi connectivity index (χ1v) is 8.54. The number of aryl methyl sites for hydroxylation is 1. The highest BCUT2D eigenvalue weighted by molar-refractivity contribution is 5.41. The zero-order chi connectivity index (χ0) is 15.8. The monoisotopic (exact) mass is 292 g/mol. The normalized spacial score (nSPS) is 27.5. The standard InChI is InChI=1S/C22H28/c1-17-10-12-20(13-11-17)22(19-8-6-5-7-9-19)15-18(2)14-21(3,4)16-22/h5-13,18H,14-16H2,1-4H3. The van der Waals surface area contributed by atoms with Crippen molar-refractivity contribution in [1.82, 2.24) is 0 Å². The zero-order valence-corrected chi connectivity index (χ0v) is 14.4. The lowest BCUT2D eigenvalue weighted by Gasteiger charge is -2.48. The van der Waals surface area contributed by atoms with Crippen LogP contribution in [0.2, 0.25) is 0 Å². The molecule has 1 saturated carbocycles. The van der Waals surface area contributed by atoms with Crippen molar-refractivity contribution in [1.29, 1.82) is 0 Å². The van der Waals surface area contributed by atoms with Crippen molar-refractivity contribution in [3.05, 3.63) is 71.3 Å². The summed E-state index contributed by atoms with van der Waals surface area (Å²) in [7, 11) is 0. The molecular weight excluding hydrogens is 264 g/mol. The Morgan fingerprint density at radius 1 is 0.818 bits per heavy atom. The Morgan fingerprint density at radius 2 is 1.41 bits per heavy atom. The molecule has 2 aromatic carbocycles. The Balaban J connectivity index is 2.16. The summed E-state index contributed by atoms with van der Waals surface area (Å²) in [5.41, 5.74) is 4.87. The van der Waals surface area contributed by atoms with E-state index in [1.165, 1.54) is 36.0 Å². The molecule has 2 atom stereocenters. The fraction of sp³-hybridized carbons (Fsp3) is 0.455. The molecule has 1 aliphatic carbocycles. The van der Waals surface area contributed by atoms with Crippen molar-refractivity contribution < 1.29 is 0 Å². The highest BCUT2D eigenvalue weighted by Crippen LogP contribution is 2.53. The molecule has 2 aromatic rings. The molecule has 0 aromatic heterocycles. The summed E-state index contributed by atoms with van der Waals surface area (Å²) in [6.07, 6.45) is 3.81. The van der Waals surface area contributed by atoms with Gasteiger partial charge in [-0.05, 0) is 48.6 Å². The topological polar surface area (TPSA) is 0 Å². The molecule has 0 amide bonds. The molecule has 0 nitrogen and oxygen atoms in total. The molecule has 2 unspecified atom stereocenters. The van der Waals surface area contributed by atoms with E-state index in [0.717, 1.165) is 5.92 Å². The van der Waals surface area contributed by atoms with E-state index in [4.69, 9.17) is 0 Å². The van der Waals surface area contributed by atoms with Crippen LogP contribution in [0.15, 0.2) is 54.6 Å². The molecule has 116 valence electrons. The zero-order valence-electron chi connectivity index (χ0n) is 14.4. The van der Waals surface area contributed by atoms with Crippen LogP contribution in [0.3, 0.4) is 0 Å². The van der Waals surface area contributed by atoms with Crippen LogP contribution in [0, 0.1) is 18.3 Å². The molecule has 1 aliphatic rings. The van der Waals surface area contributed by atoms with E-state index < -0.39 is 0 Å². The van der Waals surface area contributed by atoms with Gasteiger partial charge in [0, 0.05) is 5.41 Å².